The summed E-state index contributed by atoms with van der Waals surface area (Å²) >= 11 is 0. The van der Waals surface area contributed by atoms with Crippen LogP contribution >= 0.6 is 0 Å². The smallest absolute Gasteiger partial charge is 0.0253 e. The molecule has 0 saturated heterocycles. The van der Waals surface area contributed by atoms with Crippen molar-refractivity contribution < 1.29 is 0 Å². The highest BCUT2D eigenvalue weighted by molar-refractivity contribution is 5.94. The van der Waals surface area contributed by atoms with Crippen LogP contribution in [0.4, 0.5) is 0 Å². The van der Waals surface area contributed by atoms with Crippen molar-refractivity contribution in [3.8, 4) is 0 Å². The fourth-order valence-corrected chi connectivity index (χ4v) is 5.15. The van der Waals surface area contributed by atoms with Gasteiger partial charge in [-0.25, -0.2) is 0 Å². The topological polar surface area (TPSA) is 27.1 Å². The molecule has 2 heteroatoms. The summed E-state index contributed by atoms with van der Waals surface area (Å²) in [5, 5.41) is 10.6. The molecule has 1 saturated carbocycles. The minimum absolute atomic E-state index is 0.556. The number of rotatable bonds is 5. The normalized spacial score (nSPS) is 22.8. The van der Waals surface area contributed by atoms with Crippen molar-refractivity contribution in [2.75, 3.05) is 20.6 Å². The van der Waals surface area contributed by atoms with Crippen LogP contribution in [0.3, 0.4) is 0 Å². The van der Waals surface area contributed by atoms with Crippen molar-refractivity contribution in [3.05, 3.63) is 70.8 Å². The van der Waals surface area contributed by atoms with Crippen LogP contribution in [0, 0.1) is 11.3 Å². The molecule has 0 amide bonds. The van der Waals surface area contributed by atoms with Crippen molar-refractivity contribution in [2.45, 2.75) is 38.0 Å². The lowest BCUT2D eigenvalue weighted by molar-refractivity contribution is 0.354. The predicted octanol–water partition coefficient (Wildman–Crippen LogP) is 5.93. The summed E-state index contributed by atoms with van der Waals surface area (Å²) in [5.74, 6) is 1.24. The van der Waals surface area contributed by atoms with E-state index in [1.807, 2.05) is 0 Å². The SMILES string of the molecule is CN(C)CC1=C(C2CCCC(c3c(C=N)ccc4ccccc34)C2)CC=C1. The second-order valence-corrected chi connectivity index (χ2v) is 8.39. The zero-order valence-corrected chi connectivity index (χ0v) is 16.5. The zero-order chi connectivity index (χ0) is 18.8. The minimum Gasteiger partial charge on any atom is -0.308 e. The van der Waals surface area contributed by atoms with E-state index >= 15 is 0 Å². The number of nitrogens with one attached hydrogen (secondary N) is 1. The summed E-state index contributed by atoms with van der Waals surface area (Å²) in [5.41, 5.74) is 5.72. The van der Waals surface area contributed by atoms with Crippen LogP contribution in [0.15, 0.2) is 59.7 Å². The molecule has 27 heavy (non-hydrogen) atoms. The number of allylic oxidation sites excluding steroid dienone is 2. The van der Waals surface area contributed by atoms with Gasteiger partial charge in [-0.15, -0.1) is 0 Å². The van der Waals surface area contributed by atoms with E-state index in [4.69, 9.17) is 5.41 Å². The largest absolute Gasteiger partial charge is 0.308 e. The first kappa shape index (κ1) is 18.2. The first-order valence-electron chi connectivity index (χ1n) is 10.2. The van der Waals surface area contributed by atoms with Crippen molar-refractivity contribution >= 4 is 17.0 Å². The first-order chi connectivity index (χ1) is 13.2. The molecule has 2 aliphatic carbocycles. The molecule has 2 aromatic rings. The Balaban J connectivity index is 1.68. The van der Waals surface area contributed by atoms with Gasteiger partial charge in [0.1, 0.15) is 0 Å². The molecule has 2 atom stereocenters. The first-order valence-corrected chi connectivity index (χ1v) is 10.2. The fraction of sp³-hybridized carbons (Fsp3) is 0.400. The Kier molecular flexibility index (Phi) is 5.27. The maximum Gasteiger partial charge on any atom is 0.0253 e. The Morgan fingerprint density at radius 2 is 1.89 bits per heavy atom. The van der Waals surface area contributed by atoms with Gasteiger partial charge in [0, 0.05) is 12.8 Å². The Labute approximate surface area is 163 Å². The minimum atomic E-state index is 0.556. The van der Waals surface area contributed by atoms with E-state index in [9.17, 15) is 0 Å². The van der Waals surface area contributed by atoms with Crippen molar-refractivity contribution in [1.29, 1.82) is 5.41 Å². The Morgan fingerprint density at radius 1 is 1.07 bits per heavy atom. The Hall–Kier alpha value is -2.19. The summed E-state index contributed by atoms with van der Waals surface area (Å²) in [6, 6.07) is 13.0. The molecule has 0 bridgehead atoms. The number of fused-ring (bicyclic) bond motifs is 1. The molecule has 0 heterocycles. The summed E-state index contributed by atoms with van der Waals surface area (Å²) < 4.78 is 0. The highest BCUT2D eigenvalue weighted by Gasteiger charge is 2.29. The van der Waals surface area contributed by atoms with Crippen molar-refractivity contribution in [3.63, 3.8) is 0 Å². The average Bonchev–Trinajstić information content (AvgIpc) is 3.14. The van der Waals surface area contributed by atoms with Gasteiger partial charge in [-0.3, -0.25) is 0 Å². The molecule has 0 aromatic heterocycles. The predicted molar refractivity (Wildman–Crippen MR) is 116 cm³/mol. The van der Waals surface area contributed by atoms with Crippen molar-refractivity contribution in [2.24, 2.45) is 5.92 Å². The van der Waals surface area contributed by atoms with Gasteiger partial charge in [-0.2, -0.15) is 0 Å². The van der Waals surface area contributed by atoms with Crippen LogP contribution in [0.2, 0.25) is 0 Å². The Bertz CT molecular complexity index is 904. The van der Waals surface area contributed by atoms with E-state index in [1.54, 1.807) is 11.8 Å². The van der Waals surface area contributed by atoms with Crippen LogP contribution in [0.5, 0.6) is 0 Å². The second-order valence-electron chi connectivity index (χ2n) is 8.39. The molecule has 1 fully saturated rings. The highest BCUT2D eigenvalue weighted by atomic mass is 15.0. The molecule has 2 aliphatic rings. The molecule has 2 unspecified atom stereocenters. The number of hydrogen-bond donors (Lipinski definition) is 1. The average molecular weight is 359 g/mol. The van der Waals surface area contributed by atoms with E-state index in [-0.39, 0.29) is 0 Å². The molecule has 140 valence electrons. The molecule has 1 N–H and O–H groups in total. The number of likely N-dealkylation sites (N-methyl/N-ethyl adjacent to an activating group) is 1. The zero-order valence-electron chi connectivity index (χ0n) is 16.5. The maximum absolute atomic E-state index is 7.95. The van der Waals surface area contributed by atoms with Crippen LogP contribution in [0.25, 0.3) is 10.8 Å². The summed E-state index contributed by atoms with van der Waals surface area (Å²) in [6.45, 7) is 1.05. The van der Waals surface area contributed by atoms with Gasteiger partial charge in [-0.1, -0.05) is 60.5 Å². The molecule has 0 spiro atoms. The van der Waals surface area contributed by atoms with E-state index in [0.29, 0.717) is 11.8 Å². The van der Waals surface area contributed by atoms with Gasteiger partial charge in [0.15, 0.2) is 0 Å². The fourth-order valence-electron chi connectivity index (χ4n) is 5.15. The van der Waals surface area contributed by atoms with Crippen LogP contribution in [-0.2, 0) is 0 Å². The molecular weight excluding hydrogens is 328 g/mol. The number of hydrogen-bond acceptors (Lipinski definition) is 2. The van der Waals surface area contributed by atoms with E-state index in [0.717, 1.165) is 18.5 Å². The number of benzene rings is 2. The summed E-state index contributed by atoms with van der Waals surface area (Å²) in [6.07, 6.45) is 12.5. The van der Waals surface area contributed by atoms with E-state index in [2.05, 4.69) is 67.5 Å². The third-order valence-electron chi connectivity index (χ3n) is 6.29. The second kappa shape index (κ2) is 7.82. The quantitative estimate of drug-likeness (QED) is 0.659. The molecular formula is C25H30N2. The summed E-state index contributed by atoms with van der Waals surface area (Å²) in [7, 11) is 4.32. The lowest BCUT2D eigenvalue weighted by Crippen LogP contribution is -2.20. The number of nitrogens with zero attached hydrogens (tertiary/aromatic N) is 1. The standard InChI is InChI=1S/C25H30N2/c1-27(2)17-22-10-6-12-23(22)19-8-5-9-20(15-19)25-21(16-26)14-13-18-7-3-4-11-24(18)25/h3-4,6-7,10-11,13-14,16,19-20,26H,5,8-9,12,15,17H2,1-2H3. The summed E-state index contributed by atoms with van der Waals surface area (Å²) in [4.78, 5) is 2.28. The van der Waals surface area contributed by atoms with Gasteiger partial charge in [-0.05, 0) is 79.1 Å². The highest BCUT2D eigenvalue weighted by Crippen LogP contribution is 2.44. The molecule has 2 nitrogen and oxygen atoms in total. The van der Waals surface area contributed by atoms with Gasteiger partial charge < -0.3 is 10.3 Å². The van der Waals surface area contributed by atoms with E-state index in [1.165, 1.54) is 47.6 Å². The third kappa shape index (κ3) is 3.64. The van der Waals surface area contributed by atoms with Crippen LogP contribution in [0.1, 0.15) is 49.1 Å². The molecule has 0 aliphatic heterocycles. The monoisotopic (exact) mass is 358 g/mol. The van der Waals surface area contributed by atoms with Crippen LogP contribution < -0.4 is 0 Å². The lowest BCUT2D eigenvalue weighted by Gasteiger charge is -2.33. The lowest BCUT2D eigenvalue weighted by atomic mass is 9.72. The van der Waals surface area contributed by atoms with Crippen molar-refractivity contribution in [1.82, 2.24) is 4.90 Å². The maximum atomic E-state index is 7.95. The molecule has 2 aromatic carbocycles. The van der Waals surface area contributed by atoms with Gasteiger partial charge in [0.2, 0.25) is 0 Å². The molecule has 4 rings (SSSR count). The van der Waals surface area contributed by atoms with E-state index < -0.39 is 0 Å². The molecule has 0 radical (unpaired) electrons. The van der Waals surface area contributed by atoms with Gasteiger partial charge in [0.05, 0.1) is 0 Å². The third-order valence-corrected chi connectivity index (χ3v) is 6.29. The van der Waals surface area contributed by atoms with Gasteiger partial charge in [0.25, 0.3) is 0 Å². The van der Waals surface area contributed by atoms with Crippen LogP contribution in [-0.4, -0.2) is 31.8 Å². The Morgan fingerprint density at radius 3 is 2.70 bits per heavy atom. The van der Waals surface area contributed by atoms with Gasteiger partial charge >= 0.3 is 0 Å².